The van der Waals surface area contributed by atoms with E-state index < -0.39 is 5.09 Å². The van der Waals surface area contributed by atoms with Crippen LogP contribution in [0.1, 0.15) is 22.7 Å². The number of hydrogen-bond donors (Lipinski definition) is 1. The zero-order valence-electron chi connectivity index (χ0n) is 13.7. The van der Waals surface area contributed by atoms with Crippen molar-refractivity contribution in [3.8, 4) is 0 Å². The van der Waals surface area contributed by atoms with Gasteiger partial charge in [0.05, 0.1) is 12.4 Å². The summed E-state index contributed by atoms with van der Waals surface area (Å²) in [6.07, 6.45) is 9.03. The Morgan fingerprint density at radius 1 is 1.23 bits per heavy atom. The Morgan fingerprint density at radius 2 is 1.92 bits per heavy atom. The van der Waals surface area contributed by atoms with Crippen LogP contribution in [0.5, 0.6) is 0 Å². The van der Waals surface area contributed by atoms with E-state index in [4.69, 9.17) is 26.9 Å². The Hall–Kier alpha value is -3.12. The summed E-state index contributed by atoms with van der Waals surface area (Å²) in [6.45, 7) is 0. The summed E-state index contributed by atoms with van der Waals surface area (Å²) in [7, 11) is 0. The molecule has 0 aliphatic heterocycles. The van der Waals surface area contributed by atoms with Gasteiger partial charge in [-0.2, -0.15) is 0 Å². The molecule has 1 atom stereocenters. The first kappa shape index (κ1) is 17.7. The molecule has 0 fully saturated rings. The number of nitrogens with zero attached hydrogens (tertiary/aromatic N) is 3. The third-order valence-electron chi connectivity index (χ3n) is 4.18. The van der Waals surface area contributed by atoms with Crippen LogP contribution in [-0.2, 0) is 6.42 Å². The monoisotopic (exact) mass is 369 g/mol. The van der Waals surface area contributed by atoms with Crippen molar-refractivity contribution in [2.24, 2.45) is 0 Å². The number of imidazole rings is 1. The number of aromatic nitrogens is 2. The fourth-order valence-corrected chi connectivity index (χ4v) is 3.24. The van der Waals surface area contributed by atoms with Crippen molar-refractivity contribution in [1.82, 2.24) is 9.55 Å². The molecular formula is C19H16ClN3O3. The Morgan fingerprint density at radius 3 is 2.58 bits per heavy atom. The lowest BCUT2D eigenvalue weighted by Crippen LogP contribution is -2.05. The van der Waals surface area contributed by atoms with Crippen LogP contribution >= 0.6 is 11.6 Å². The van der Waals surface area contributed by atoms with Crippen LogP contribution in [0.2, 0.25) is 5.02 Å². The van der Waals surface area contributed by atoms with Crippen LogP contribution < -0.4 is 0 Å². The molecule has 26 heavy (non-hydrogen) atoms. The predicted molar refractivity (Wildman–Crippen MR) is 99.5 cm³/mol. The predicted octanol–water partition coefficient (Wildman–Crippen LogP) is 4.53. The minimum Gasteiger partial charge on any atom is -0.330 e. The average molecular weight is 370 g/mol. The van der Waals surface area contributed by atoms with Crippen LogP contribution in [-0.4, -0.2) is 19.8 Å². The number of halogens is 1. The molecule has 6 nitrogen and oxygen atoms in total. The van der Waals surface area contributed by atoms with E-state index in [1.807, 2.05) is 30.9 Å². The van der Waals surface area contributed by atoms with Crippen LogP contribution in [0.25, 0.3) is 11.6 Å². The van der Waals surface area contributed by atoms with Gasteiger partial charge in [0.1, 0.15) is 0 Å². The first-order valence-electron chi connectivity index (χ1n) is 7.91. The zero-order chi connectivity index (χ0) is 18.5. The third-order valence-corrected chi connectivity index (χ3v) is 4.43. The standard InChI is InChI=1S/C19H15ClN2.HNO3/c20-16-7-5-14(6-8-16)11-18-17-4-2-1-3-15(17)12-19(18)22-10-9-21-13-22;2-1(3)4/h1-11,13,19H,12H2;(H,2,3,4)/b18-11+;. The van der Waals surface area contributed by atoms with Crippen molar-refractivity contribution in [2.45, 2.75) is 12.5 Å². The summed E-state index contributed by atoms with van der Waals surface area (Å²) >= 11 is 5.99. The molecule has 132 valence electrons. The fraction of sp³-hybridized carbons (Fsp3) is 0.105. The second kappa shape index (κ2) is 7.84. The quantitative estimate of drug-likeness (QED) is 0.531. The van der Waals surface area contributed by atoms with Gasteiger partial charge >= 0.3 is 0 Å². The molecule has 0 bridgehead atoms. The number of fused-ring (bicyclic) bond motifs is 1. The van der Waals surface area contributed by atoms with Gasteiger partial charge in [-0.25, -0.2) is 4.98 Å². The number of rotatable bonds is 2. The highest BCUT2D eigenvalue weighted by molar-refractivity contribution is 6.30. The molecule has 1 N–H and O–H groups in total. The fourth-order valence-electron chi connectivity index (χ4n) is 3.11. The smallest absolute Gasteiger partial charge is 0.291 e. The van der Waals surface area contributed by atoms with E-state index in [1.54, 1.807) is 0 Å². The Labute approximate surface area is 155 Å². The lowest BCUT2D eigenvalue weighted by atomic mass is 10.0. The van der Waals surface area contributed by atoms with E-state index in [9.17, 15) is 0 Å². The summed E-state index contributed by atoms with van der Waals surface area (Å²) in [5, 5.41) is 14.4. The Kier molecular flexibility index (Phi) is 5.34. The highest BCUT2D eigenvalue weighted by Crippen LogP contribution is 2.41. The minimum absolute atomic E-state index is 0.301. The molecule has 4 rings (SSSR count). The van der Waals surface area contributed by atoms with E-state index in [2.05, 4.69) is 52.0 Å². The van der Waals surface area contributed by atoms with Crippen LogP contribution in [0.15, 0.2) is 67.3 Å². The van der Waals surface area contributed by atoms with Crippen LogP contribution in [0.4, 0.5) is 0 Å². The van der Waals surface area contributed by atoms with Crippen molar-refractivity contribution in [2.75, 3.05) is 0 Å². The van der Waals surface area contributed by atoms with E-state index in [-0.39, 0.29) is 0 Å². The summed E-state index contributed by atoms with van der Waals surface area (Å²) in [5.41, 5.74) is 5.22. The third kappa shape index (κ3) is 4.10. The first-order chi connectivity index (χ1) is 12.5. The molecule has 1 unspecified atom stereocenters. The van der Waals surface area contributed by atoms with Gasteiger partial charge in [0.25, 0.3) is 5.09 Å². The second-order valence-electron chi connectivity index (χ2n) is 5.78. The lowest BCUT2D eigenvalue weighted by Gasteiger charge is -2.14. The van der Waals surface area contributed by atoms with Crippen LogP contribution in [0, 0.1) is 10.1 Å². The average Bonchev–Trinajstić information content (AvgIpc) is 3.25. The molecule has 1 aliphatic carbocycles. The Bertz CT molecular complexity index is 917. The van der Waals surface area contributed by atoms with Crippen molar-refractivity contribution in [3.05, 3.63) is 99.1 Å². The lowest BCUT2D eigenvalue weighted by molar-refractivity contribution is -0.742. The molecule has 1 aliphatic rings. The minimum atomic E-state index is -1.50. The molecular weight excluding hydrogens is 354 g/mol. The molecule has 1 aromatic heterocycles. The Balaban J connectivity index is 0.000000447. The van der Waals surface area contributed by atoms with Gasteiger partial charge < -0.3 is 9.77 Å². The molecule has 0 radical (unpaired) electrons. The first-order valence-corrected chi connectivity index (χ1v) is 8.28. The molecule has 1 heterocycles. The van der Waals surface area contributed by atoms with E-state index in [0.29, 0.717) is 6.04 Å². The van der Waals surface area contributed by atoms with E-state index in [0.717, 1.165) is 11.4 Å². The van der Waals surface area contributed by atoms with E-state index in [1.165, 1.54) is 22.3 Å². The number of allylic oxidation sites excluding steroid dienone is 1. The number of hydrogen-bond acceptors (Lipinski definition) is 3. The second-order valence-corrected chi connectivity index (χ2v) is 6.21. The molecule has 0 saturated carbocycles. The van der Waals surface area contributed by atoms with Gasteiger partial charge in [0.2, 0.25) is 0 Å². The highest BCUT2D eigenvalue weighted by Gasteiger charge is 2.27. The van der Waals surface area contributed by atoms with Crippen molar-refractivity contribution in [1.29, 1.82) is 0 Å². The molecule has 0 saturated heterocycles. The van der Waals surface area contributed by atoms with Gasteiger partial charge in [-0.05, 0) is 46.9 Å². The van der Waals surface area contributed by atoms with E-state index >= 15 is 0 Å². The van der Waals surface area contributed by atoms with Crippen molar-refractivity contribution in [3.63, 3.8) is 0 Å². The van der Waals surface area contributed by atoms with Crippen LogP contribution in [0.3, 0.4) is 0 Å². The summed E-state index contributed by atoms with van der Waals surface area (Å²) in [4.78, 5) is 12.6. The summed E-state index contributed by atoms with van der Waals surface area (Å²) in [5.74, 6) is 0. The molecule has 0 amide bonds. The molecule has 0 spiro atoms. The van der Waals surface area contributed by atoms with Gasteiger partial charge in [0.15, 0.2) is 0 Å². The maximum atomic E-state index is 8.36. The van der Waals surface area contributed by atoms with Gasteiger partial charge in [-0.3, -0.25) is 0 Å². The molecule has 3 aromatic rings. The number of benzene rings is 2. The summed E-state index contributed by atoms with van der Waals surface area (Å²) < 4.78 is 2.18. The zero-order valence-corrected chi connectivity index (χ0v) is 14.5. The normalized spacial score (nSPS) is 16.7. The summed E-state index contributed by atoms with van der Waals surface area (Å²) in [6, 6.07) is 16.9. The van der Waals surface area contributed by atoms with Gasteiger partial charge in [0, 0.05) is 17.4 Å². The SMILES string of the molecule is Clc1ccc(/C=C2\c3ccccc3CC2n2ccnc2)cc1.O=[N+]([O-])O. The van der Waals surface area contributed by atoms with Crippen molar-refractivity contribution >= 4 is 23.3 Å². The largest absolute Gasteiger partial charge is 0.330 e. The maximum Gasteiger partial charge on any atom is 0.291 e. The highest BCUT2D eigenvalue weighted by atomic mass is 35.5. The van der Waals surface area contributed by atoms with Gasteiger partial charge in [-0.15, -0.1) is 10.1 Å². The van der Waals surface area contributed by atoms with Gasteiger partial charge in [-0.1, -0.05) is 48.0 Å². The topological polar surface area (TPSA) is 81.2 Å². The molecule has 7 heteroatoms. The maximum absolute atomic E-state index is 8.36. The molecule has 2 aromatic carbocycles. The van der Waals surface area contributed by atoms with Crippen molar-refractivity contribution < 1.29 is 10.3 Å².